The summed E-state index contributed by atoms with van der Waals surface area (Å²) in [6.45, 7) is 3.38. The molecule has 1 fully saturated rings. The summed E-state index contributed by atoms with van der Waals surface area (Å²) in [5.41, 5.74) is 0. The second-order valence-corrected chi connectivity index (χ2v) is 3.45. The van der Waals surface area contributed by atoms with Crippen molar-refractivity contribution in [3.63, 3.8) is 0 Å². The molecule has 1 aliphatic carbocycles. The molecule has 3 heteroatoms. The summed E-state index contributed by atoms with van der Waals surface area (Å²) < 4.78 is 7.76. The standard InChI is InChI=1S/C10H20N2O/c1-2-11-8-12-10(13)9-6-4-3-5-7-9/h9,11H,2-8H2,1H3,(H,12,13)/i6T. The van der Waals surface area contributed by atoms with Gasteiger partial charge in [-0.25, -0.2) is 0 Å². The largest absolute Gasteiger partial charge is 0.343 e. The van der Waals surface area contributed by atoms with E-state index < -0.39 is 0 Å². The van der Waals surface area contributed by atoms with E-state index in [1.165, 1.54) is 0 Å². The van der Waals surface area contributed by atoms with Gasteiger partial charge in [-0.3, -0.25) is 4.79 Å². The molecule has 3 nitrogen and oxygen atoms in total. The minimum atomic E-state index is -0.189. The van der Waals surface area contributed by atoms with Gasteiger partial charge in [0.2, 0.25) is 5.91 Å². The summed E-state index contributed by atoms with van der Waals surface area (Å²) in [5.74, 6) is -0.0342. The van der Waals surface area contributed by atoms with E-state index in [0.717, 1.165) is 32.2 Å². The number of hydrogen-bond acceptors (Lipinski definition) is 2. The van der Waals surface area contributed by atoms with Crippen LogP contribution in [-0.4, -0.2) is 19.1 Å². The smallest absolute Gasteiger partial charge is 0.224 e. The zero-order valence-electron chi connectivity index (χ0n) is 9.31. The average molecular weight is 186 g/mol. The highest BCUT2D eigenvalue weighted by molar-refractivity contribution is 5.78. The zero-order valence-corrected chi connectivity index (χ0v) is 8.31. The second-order valence-electron chi connectivity index (χ2n) is 3.45. The lowest BCUT2D eigenvalue weighted by molar-refractivity contribution is -0.126. The fourth-order valence-corrected chi connectivity index (χ4v) is 1.59. The molecular formula is C10H20N2O. The number of carbonyl (C=O) groups is 1. The average Bonchev–Trinajstić information content (AvgIpc) is 2.18. The van der Waals surface area contributed by atoms with E-state index in [9.17, 15) is 4.79 Å². The van der Waals surface area contributed by atoms with Gasteiger partial charge in [0.25, 0.3) is 0 Å². The lowest BCUT2D eigenvalue weighted by Gasteiger charge is -2.20. The van der Waals surface area contributed by atoms with Gasteiger partial charge >= 0.3 is 0 Å². The van der Waals surface area contributed by atoms with E-state index in [4.69, 9.17) is 1.37 Å². The van der Waals surface area contributed by atoms with E-state index in [1.807, 2.05) is 6.92 Å². The van der Waals surface area contributed by atoms with Crippen LogP contribution in [0.25, 0.3) is 0 Å². The SMILES string of the molecule is [3H]C1CCCCC1C(=O)NCNCC. The van der Waals surface area contributed by atoms with Crippen molar-refractivity contribution in [1.29, 1.82) is 0 Å². The first-order chi connectivity index (χ1) is 6.75. The predicted octanol–water partition coefficient (Wildman–Crippen LogP) is 1.25. The van der Waals surface area contributed by atoms with Crippen LogP contribution in [-0.2, 0) is 4.79 Å². The lowest BCUT2D eigenvalue weighted by Crippen LogP contribution is -2.38. The van der Waals surface area contributed by atoms with Gasteiger partial charge in [0.05, 0.1) is 6.67 Å². The van der Waals surface area contributed by atoms with Crippen molar-refractivity contribution in [3.8, 4) is 0 Å². The molecule has 0 saturated heterocycles. The van der Waals surface area contributed by atoms with Crippen LogP contribution in [0.5, 0.6) is 0 Å². The van der Waals surface area contributed by atoms with Crippen molar-refractivity contribution >= 4 is 5.91 Å². The summed E-state index contributed by atoms with van der Waals surface area (Å²) in [6.07, 6.45) is 3.76. The van der Waals surface area contributed by atoms with E-state index in [1.54, 1.807) is 0 Å². The molecule has 13 heavy (non-hydrogen) atoms. The predicted molar refractivity (Wildman–Crippen MR) is 53.3 cm³/mol. The molecule has 2 N–H and O–H groups in total. The van der Waals surface area contributed by atoms with Crippen LogP contribution in [0, 0.1) is 5.92 Å². The minimum Gasteiger partial charge on any atom is -0.343 e. The van der Waals surface area contributed by atoms with Crippen LogP contribution in [0.3, 0.4) is 0 Å². The minimum absolute atomic E-state index is 0.0469. The Bertz CT molecular complexity index is 187. The van der Waals surface area contributed by atoms with Gasteiger partial charge in [-0.05, 0) is 19.4 Å². The lowest BCUT2D eigenvalue weighted by atomic mass is 9.89. The Labute approximate surface area is 81.7 Å². The van der Waals surface area contributed by atoms with Gasteiger partial charge in [0.1, 0.15) is 0 Å². The first-order valence-corrected chi connectivity index (χ1v) is 5.16. The second kappa shape index (κ2) is 5.97. The third-order valence-electron chi connectivity index (χ3n) is 2.39. The number of carbonyl (C=O) groups excluding carboxylic acids is 1. The summed E-state index contributed by atoms with van der Waals surface area (Å²) in [4.78, 5) is 11.6. The first-order valence-electron chi connectivity index (χ1n) is 5.74. The van der Waals surface area contributed by atoms with Crippen LogP contribution in [0.2, 0.25) is 0 Å². The molecular weight excluding hydrogens is 164 g/mol. The highest BCUT2D eigenvalue weighted by Crippen LogP contribution is 2.23. The van der Waals surface area contributed by atoms with Crippen molar-refractivity contribution < 1.29 is 6.17 Å². The number of nitrogens with one attached hydrogen (secondary N) is 2. The maximum atomic E-state index is 11.6. The maximum Gasteiger partial charge on any atom is 0.224 e. The summed E-state index contributed by atoms with van der Waals surface area (Å²) in [5, 5.41) is 5.85. The molecule has 1 amide bonds. The molecule has 0 heterocycles. The summed E-state index contributed by atoms with van der Waals surface area (Å²) in [7, 11) is 0. The van der Waals surface area contributed by atoms with E-state index in [2.05, 4.69) is 10.6 Å². The van der Waals surface area contributed by atoms with E-state index in [-0.39, 0.29) is 18.2 Å². The topological polar surface area (TPSA) is 41.1 Å². The van der Waals surface area contributed by atoms with Gasteiger partial charge in [0, 0.05) is 7.29 Å². The first kappa shape index (κ1) is 9.00. The Balaban J connectivity index is 2.27. The molecule has 0 aromatic carbocycles. The molecule has 1 rings (SSSR count). The van der Waals surface area contributed by atoms with Crippen LogP contribution >= 0.6 is 0 Å². The molecule has 1 saturated carbocycles. The van der Waals surface area contributed by atoms with Gasteiger partial charge in [-0.15, -0.1) is 0 Å². The van der Waals surface area contributed by atoms with Crippen molar-refractivity contribution in [2.75, 3.05) is 13.2 Å². The Hall–Kier alpha value is -0.570. The highest BCUT2D eigenvalue weighted by Gasteiger charge is 2.19. The van der Waals surface area contributed by atoms with Crippen LogP contribution < -0.4 is 10.6 Å². The van der Waals surface area contributed by atoms with Crippen LogP contribution in [0.1, 0.15) is 40.4 Å². The quantitative estimate of drug-likeness (QED) is 0.512. The molecule has 1 aliphatic rings. The van der Waals surface area contributed by atoms with E-state index in [0.29, 0.717) is 6.67 Å². The summed E-state index contributed by atoms with van der Waals surface area (Å²) in [6, 6.07) is 0. The van der Waals surface area contributed by atoms with Crippen molar-refractivity contribution in [1.82, 2.24) is 10.6 Å². The molecule has 0 bridgehead atoms. The molecule has 2 atom stereocenters. The van der Waals surface area contributed by atoms with Crippen molar-refractivity contribution in [2.24, 2.45) is 5.92 Å². The van der Waals surface area contributed by atoms with Gasteiger partial charge in [0.15, 0.2) is 0 Å². The van der Waals surface area contributed by atoms with Gasteiger partial charge < -0.3 is 10.6 Å². The normalized spacial score (nSPS) is 29.5. The third kappa shape index (κ3) is 3.77. The Morgan fingerprint density at radius 1 is 1.54 bits per heavy atom. The fraction of sp³-hybridized carbons (Fsp3) is 0.900. The van der Waals surface area contributed by atoms with E-state index >= 15 is 0 Å². The van der Waals surface area contributed by atoms with Crippen LogP contribution in [0.4, 0.5) is 0 Å². The Morgan fingerprint density at radius 3 is 3.08 bits per heavy atom. The Morgan fingerprint density at radius 2 is 2.38 bits per heavy atom. The molecule has 0 spiro atoms. The van der Waals surface area contributed by atoms with Gasteiger partial charge in [-0.1, -0.05) is 26.2 Å². The number of hydrogen-bond donors (Lipinski definition) is 2. The molecule has 0 aromatic heterocycles. The molecule has 76 valence electrons. The van der Waals surface area contributed by atoms with Crippen molar-refractivity contribution in [3.05, 3.63) is 0 Å². The monoisotopic (exact) mass is 186 g/mol. The third-order valence-corrected chi connectivity index (χ3v) is 2.39. The molecule has 0 aliphatic heterocycles. The number of amides is 1. The maximum absolute atomic E-state index is 11.6. The molecule has 0 radical (unpaired) electrons. The zero-order chi connectivity index (χ0) is 10.4. The van der Waals surface area contributed by atoms with Gasteiger partial charge in [-0.2, -0.15) is 0 Å². The Kier molecular flexibility index (Phi) is 4.14. The number of rotatable bonds is 4. The van der Waals surface area contributed by atoms with Crippen LogP contribution in [0.15, 0.2) is 0 Å². The fourth-order valence-electron chi connectivity index (χ4n) is 1.59. The molecule has 0 aromatic rings. The summed E-state index contributed by atoms with van der Waals surface area (Å²) >= 11 is 0. The van der Waals surface area contributed by atoms with Crippen molar-refractivity contribution in [2.45, 2.75) is 39.0 Å². The molecule has 2 unspecified atom stereocenters. The highest BCUT2D eigenvalue weighted by atomic mass is 16.1.